The number of methoxy groups -OCH3 is 1. The molecule has 0 radical (unpaired) electrons. The summed E-state index contributed by atoms with van der Waals surface area (Å²) >= 11 is 0. The summed E-state index contributed by atoms with van der Waals surface area (Å²) in [6.45, 7) is 9.41. The van der Waals surface area contributed by atoms with Gasteiger partial charge in [0.2, 0.25) is 0 Å². The van der Waals surface area contributed by atoms with Crippen molar-refractivity contribution in [1.82, 2.24) is 9.88 Å². The molecule has 7 heteroatoms. The van der Waals surface area contributed by atoms with E-state index < -0.39 is 0 Å². The minimum Gasteiger partial charge on any atom is -0.493 e. The van der Waals surface area contributed by atoms with Gasteiger partial charge in [0.05, 0.1) is 19.3 Å². The quantitative estimate of drug-likeness (QED) is 0.349. The van der Waals surface area contributed by atoms with Gasteiger partial charge in [0.15, 0.2) is 11.5 Å². The van der Waals surface area contributed by atoms with Crippen molar-refractivity contribution in [2.75, 3.05) is 20.2 Å². The molecule has 3 rings (SSSR count). The second-order valence-electron chi connectivity index (χ2n) is 8.66. The van der Waals surface area contributed by atoms with Crippen LogP contribution in [-0.2, 0) is 4.74 Å². The van der Waals surface area contributed by atoms with Crippen molar-refractivity contribution in [2.45, 2.75) is 65.3 Å². The molecule has 0 saturated carbocycles. The van der Waals surface area contributed by atoms with Gasteiger partial charge in [0, 0.05) is 11.7 Å². The molecule has 0 spiro atoms. The number of hydrogen-bond donors (Lipinski definition) is 0. The Labute approximate surface area is 221 Å². The van der Waals surface area contributed by atoms with E-state index in [1.165, 1.54) is 5.92 Å². The number of nitrogens with zero attached hydrogens (tertiary/aromatic N) is 2. The van der Waals surface area contributed by atoms with Crippen molar-refractivity contribution in [3.8, 4) is 11.5 Å². The molecule has 1 aliphatic rings. The molecule has 176 valence electrons. The van der Waals surface area contributed by atoms with Gasteiger partial charge in [0.1, 0.15) is 0 Å². The molecule has 1 fully saturated rings. The predicted octanol–water partition coefficient (Wildman–Crippen LogP) is 5.04. The number of benzene rings is 1. The third-order valence-electron chi connectivity index (χ3n) is 5.42. The first kappa shape index (κ1) is 27.7. The molecule has 0 bridgehead atoms. The fourth-order valence-corrected chi connectivity index (χ4v) is 3.90. The maximum Gasteiger partial charge on any atom is 2.00 e. The van der Waals surface area contributed by atoms with E-state index >= 15 is 0 Å². The number of carbonyl (C=O) groups excluding carboxylic acids is 1. The second-order valence-corrected chi connectivity index (χ2v) is 8.66. The number of amides is 1. The Bertz CT molecular complexity index is 868. The van der Waals surface area contributed by atoms with Gasteiger partial charge >= 0.3 is 31.1 Å². The van der Waals surface area contributed by atoms with Crippen LogP contribution in [0.5, 0.6) is 11.5 Å². The first-order valence-electron chi connectivity index (χ1n) is 11.3. The number of rotatable bonds is 9. The van der Waals surface area contributed by atoms with Crippen molar-refractivity contribution < 1.29 is 50.1 Å². The monoisotopic (exact) mass is 676 g/mol. The van der Waals surface area contributed by atoms with Crippen LogP contribution >= 0.6 is 0 Å². The number of aromatic nitrogens is 1. The van der Waals surface area contributed by atoms with Crippen LogP contribution in [0.3, 0.4) is 0 Å². The Morgan fingerprint density at radius 2 is 1.85 bits per heavy atom. The largest absolute Gasteiger partial charge is 2.00 e. The van der Waals surface area contributed by atoms with Gasteiger partial charge in [-0.2, -0.15) is 25.0 Å². The summed E-state index contributed by atoms with van der Waals surface area (Å²) in [6.07, 6.45) is 7.46. The minimum absolute atomic E-state index is 0. The van der Waals surface area contributed by atoms with Crippen molar-refractivity contribution in [1.29, 1.82) is 0 Å². The SMILES string of the molecule is COc1cc(C(=O)N2CC[C-](CC(OC(C)C)c3[c-]nccc3)CC2)ccc1OC(C)C.[U+2]. The van der Waals surface area contributed by atoms with Crippen molar-refractivity contribution in [2.24, 2.45) is 0 Å². The van der Waals surface area contributed by atoms with E-state index in [9.17, 15) is 4.79 Å². The van der Waals surface area contributed by atoms with Gasteiger partial charge in [-0.3, -0.25) is 4.79 Å². The summed E-state index contributed by atoms with van der Waals surface area (Å²) in [5, 5.41) is 0. The van der Waals surface area contributed by atoms with Crippen LogP contribution in [0.4, 0.5) is 0 Å². The zero-order valence-electron chi connectivity index (χ0n) is 20.3. The molecule has 33 heavy (non-hydrogen) atoms. The second kappa shape index (κ2) is 13.4. The van der Waals surface area contributed by atoms with Gasteiger partial charge in [0.25, 0.3) is 5.91 Å². The van der Waals surface area contributed by atoms with Crippen molar-refractivity contribution in [3.63, 3.8) is 0 Å². The Hall–Kier alpha value is -1.55. The smallest absolute Gasteiger partial charge is 0.493 e. The Morgan fingerprint density at radius 3 is 2.42 bits per heavy atom. The first-order chi connectivity index (χ1) is 15.4. The topological polar surface area (TPSA) is 60.9 Å². The number of carbonyl (C=O) groups is 1. The van der Waals surface area contributed by atoms with Crippen LogP contribution in [0.2, 0.25) is 0 Å². The maximum absolute atomic E-state index is 13.1. The van der Waals surface area contributed by atoms with E-state index in [1.807, 2.05) is 56.9 Å². The van der Waals surface area contributed by atoms with E-state index in [4.69, 9.17) is 14.2 Å². The molecule has 1 atom stereocenters. The first-order valence-corrected chi connectivity index (χ1v) is 11.3. The fourth-order valence-electron chi connectivity index (χ4n) is 3.90. The summed E-state index contributed by atoms with van der Waals surface area (Å²) in [5.74, 6) is 2.66. The molecule has 1 aromatic heterocycles. The molecule has 2 heterocycles. The molecule has 1 aliphatic heterocycles. The zero-order chi connectivity index (χ0) is 23.1. The van der Waals surface area contributed by atoms with Gasteiger partial charge in [-0.1, -0.05) is 12.4 Å². The Morgan fingerprint density at radius 1 is 1.12 bits per heavy atom. The molecule has 2 aromatic rings. The molecule has 1 aromatic carbocycles. The molecular weight excluding hydrogens is 642 g/mol. The average molecular weight is 677 g/mol. The number of piperidine rings is 1. The van der Waals surface area contributed by atoms with E-state index in [2.05, 4.69) is 11.2 Å². The standard InChI is InChI=1S/C26H34N2O4.U/c1-18(2)31-23-9-8-21(16-25(23)30-5)26(29)28-13-10-20(11-14-28)15-24(32-19(3)4)22-7-6-12-27-17-22;/h6-9,12,16,18-19,24H,10-11,13-15H2,1-5H3;/q-2;+2. The Kier molecular flexibility index (Phi) is 11.2. The molecule has 1 unspecified atom stereocenters. The molecule has 0 N–H and O–H groups in total. The zero-order valence-corrected chi connectivity index (χ0v) is 24.4. The van der Waals surface area contributed by atoms with Gasteiger partial charge < -0.3 is 30.0 Å². The van der Waals surface area contributed by atoms with Crippen LogP contribution in [0, 0.1) is 43.2 Å². The number of likely N-dealkylation sites (tertiary alicyclic amines) is 1. The van der Waals surface area contributed by atoms with Gasteiger partial charge in [-0.05, 0) is 59.0 Å². The Balaban J connectivity index is 0.00000385. The van der Waals surface area contributed by atoms with Crippen LogP contribution in [0.25, 0.3) is 0 Å². The molecule has 6 nitrogen and oxygen atoms in total. The average Bonchev–Trinajstić information content (AvgIpc) is 2.79. The fraction of sp³-hybridized carbons (Fsp3) is 0.500. The normalized spacial score (nSPS) is 15.3. The van der Waals surface area contributed by atoms with E-state index in [0.29, 0.717) is 30.2 Å². The molecule has 0 aliphatic carbocycles. The van der Waals surface area contributed by atoms with Gasteiger partial charge in [-0.25, -0.2) is 0 Å². The number of pyridine rings is 1. The molecular formula is C26H34N2O4U. The van der Waals surface area contributed by atoms with Crippen molar-refractivity contribution in [3.05, 3.63) is 59.8 Å². The van der Waals surface area contributed by atoms with E-state index in [0.717, 1.165) is 24.8 Å². The van der Waals surface area contributed by atoms with Crippen molar-refractivity contribution >= 4 is 5.91 Å². The number of ether oxygens (including phenoxy) is 3. The van der Waals surface area contributed by atoms with Crippen LogP contribution < -0.4 is 9.47 Å². The summed E-state index contributed by atoms with van der Waals surface area (Å²) in [4.78, 5) is 19.1. The van der Waals surface area contributed by atoms with E-state index in [1.54, 1.807) is 19.4 Å². The van der Waals surface area contributed by atoms with E-state index in [-0.39, 0.29) is 55.3 Å². The predicted molar refractivity (Wildman–Crippen MR) is 124 cm³/mol. The summed E-state index contributed by atoms with van der Waals surface area (Å²) < 4.78 is 17.3. The van der Waals surface area contributed by atoms with Gasteiger partial charge in [-0.15, -0.1) is 12.0 Å². The van der Waals surface area contributed by atoms with Crippen LogP contribution in [0.15, 0.2) is 36.5 Å². The minimum atomic E-state index is -0.0567. The van der Waals surface area contributed by atoms with Crippen LogP contribution in [-0.4, -0.2) is 48.2 Å². The number of hydrogen-bond acceptors (Lipinski definition) is 5. The third kappa shape index (κ3) is 8.02. The molecule has 1 amide bonds. The third-order valence-corrected chi connectivity index (χ3v) is 5.42. The summed E-state index contributed by atoms with van der Waals surface area (Å²) in [7, 11) is 1.59. The summed E-state index contributed by atoms with van der Waals surface area (Å²) in [5.41, 5.74) is 1.59. The van der Waals surface area contributed by atoms with Crippen LogP contribution in [0.1, 0.15) is 69.0 Å². The maximum atomic E-state index is 13.1. The molecule has 1 saturated heterocycles. The summed E-state index contributed by atoms with van der Waals surface area (Å²) in [6, 6.07) is 9.32.